The van der Waals surface area contributed by atoms with Crippen molar-refractivity contribution in [3.05, 3.63) is 17.7 Å². The number of imidazole rings is 1. The van der Waals surface area contributed by atoms with E-state index in [9.17, 15) is 0 Å². The quantitative estimate of drug-likeness (QED) is 0.156. The van der Waals surface area contributed by atoms with Crippen LogP contribution >= 0.6 is 0 Å². The van der Waals surface area contributed by atoms with Crippen molar-refractivity contribution >= 4 is 0 Å². The summed E-state index contributed by atoms with van der Waals surface area (Å²) in [5.74, 6) is 1.43. The van der Waals surface area contributed by atoms with Crippen LogP contribution in [0.15, 0.2) is 6.20 Å². The molecule has 0 amide bonds. The van der Waals surface area contributed by atoms with Gasteiger partial charge in [-0.3, -0.25) is 0 Å². The van der Waals surface area contributed by atoms with Crippen LogP contribution in [0, 0.1) is 0 Å². The molecule has 0 saturated carbocycles. The smallest absolute Gasteiger partial charge is 0.247 e. The highest BCUT2D eigenvalue weighted by atomic mass is 15.1. The summed E-state index contributed by atoms with van der Waals surface area (Å²) in [6.45, 7) is 8.09. The molecule has 0 aromatic carbocycles. The number of H-pyrrole nitrogens is 1. The van der Waals surface area contributed by atoms with Gasteiger partial charge in [-0.15, -0.1) is 0 Å². The van der Waals surface area contributed by atoms with Crippen molar-refractivity contribution < 1.29 is 4.57 Å². The van der Waals surface area contributed by atoms with Gasteiger partial charge in [-0.25, -0.2) is 9.55 Å². The average molecular weight is 406 g/mol. The van der Waals surface area contributed by atoms with E-state index in [1.807, 2.05) is 0 Å². The van der Waals surface area contributed by atoms with Gasteiger partial charge in [-0.1, -0.05) is 117 Å². The number of hydrogen-bond acceptors (Lipinski definition) is 0. The maximum absolute atomic E-state index is 3.55. The van der Waals surface area contributed by atoms with Gasteiger partial charge >= 0.3 is 0 Å². The van der Waals surface area contributed by atoms with Crippen LogP contribution in [0.5, 0.6) is 0 Å². The third-order valence-electron chi connectivity index (χ3n) is 6.43. The van der Waals surface area contributed by atoms with Crippen LogP contribution in [0.1, 0.15) is 148 Å². The first-order valence-electron chi connectivity index (χ1n) is 13.4. The first-order valence-corrected chi connectivity index (χ1v) is 13.4. The van der Waals surface area contributed by atoms with Crippen molar-refractivity contribution in [2.75, 3.05) is 0 Å². The molecule has 2 heteroatoms. The Morgan fingerprint density at radius 1 is 0.586 bits per heavy atom. The molecule has 0 fully saturated rings. The first-order chi connectivity index (χ1) is 14.3. The highest BCUT2D eigenvalue weighted by Gasteiger charge is 2.15. The molecule has 0 aliphatic carbocycles. The summed E-state index contributed by atoms with van der Waals surface area (Å²) in [6.07, 6.45) is 30.1. The summed E-state index contributed by atoms with van der Waals surface area (Å²) in [5.41, 5.74) is 1.55. The van der Waals surface area contributed by atoms with E-state index >= 15 is 0 Å². The van der Waals surface area contributed by atoms with E-state index in [0.717, 1.165) is 6.42 Å². The van der Waals surface area contributed by atoms with E-state index in [2.05, 4.69) is 36.5 Å². The fourth-order valence-electron chi connectivity index (χ4n) is 4.47. The molecule has 0 aliphatic heterocycles. The molecule has 1 heterocycles. The number of hydrogen-bond donors (Lipinski definition) is 1. The van der Waals surface area contributed by atoms with Crippen molar-refractivity contribution in [3.8, 4) is 0 Å². The zero-order chi connectivity index (χ0) is 21.0. The summed E-state index contributed by atoms with van der Waals surface area (Å²) in [6, 6.07) is 0. The molecule has 29 heavy (non-hydrogen) atoms. The number of aromatic nitrogens is 2. The standard InChI is InChI=1S/C27H52N2/c1-4-7-9-11-13-15-16-17-19-21-23-26-25-28-27(6-3)29(26)24-22-20-18-14-12-10-8-5-2/h25H,4-24H2,1-3H3/p+1. The fourth-order valence-corrected chi connectivity index (χ4v) is 4.47. The van der Waals surface area contributed by atoms with Crippen LogP contribution in [-0.4, -0.2) is 4.98 Å². The monoisotopic (exact) mass is 405 g/mol. The zero-order valence-electron chi connectivity index (χ0n) is 20.4. The van der Waals surface area contributed by atoms with Crippen LogP contribution in [-0.2, 0) is 19.4 Å². The molecular formula is C27H53N2+. The molecule has 0 spiro atoms. The van der Waals surface area contributed by atoms with Crippen molar-refractivity contribution in [1.29, 1.82) is 0 Å². The summed E-state index contributed by atoms with van der Waals surface area (Å²) < 4.78 is 2.60. The molecule has 0 bridgehead atoms. The molecule has 0 radical (unpaired) electrons. The first kappa shape index (κ1) is 26.2. The second-order valence-corrected chi connectivity index (χ2v) is 9.14. The number of rotatable bonds is 21. The number of aromatic amines is 1. The van der Waals surface area contributed by atoms with Crippen LogP contribution in [0.2, 0.25) is 0 Å². The van der Waals surface area contributed by atoms with Gasteiger partial charge in [0.25, 0.3) is 5.82 Å². The SMILES string of the molecule is CCCCCCCCCCCCc1c[nH]c(CC)[n+]1CCCCCCCCCC. The lowest BCUT2D eigenvalue weighted by molar-refractivity contribution is -0.710. The predicted octanol–water partition coefficient (Wildman–Crippen LogP) is 8.47. The lowest BCUT2D eigenvalue weighted by Gasteiger charge is -2.06. The van der Waals surface area contributed by atoms with Crippen molar-refractivity contribution in [2.24, 2.45) is 0 Å². The van der Waals surface area contributed by atoms with E-state index < -0.39 is 0 Å². The highest BCUT2D eigenvalue weighted by Crippen LogP contribution is 2.12. The molecule has 0 unspecified atom stereocenters. The van der Waals surface area contributed by atoms with Gasteiger partial charge in [0.1, 0.15) is 11.9 Å². The van der Waals surface area contributed by atoms with Crippen LogP contribution in [0.3, 0.4) is 0 Å². The number of nitrogens with zero attached hydrogens (tertiary/aromatic N) is 1. The summed E-state index contributed by atoms with van der Waals surface area (Å²) in [7, 11) is 0. The van der Waals surface area contributed by atoms with E-state index in [-0.39, 0.29) is 0 Å². The largest absolute Gasteiger partial charge is 0.254 e. The minimum Gasteiger partial charge on any atom is -0.247 e. The Hall–Kier alpha value is -0.790. The maximum atomic E-state index is 3.55. The highest BCUT2D eigenvalue weighted by molar-refractivity contribution is 4.91. The van der Waals surface area contributed by atoms with Gasteiger partial charge in [-0.2, -0.15) is 0 Å². The lowest BCUT2D eigenvalue weighted by atomic mass is 10.1. The van der Waals surface area contributed by atoms with Gasteiger partial charge < -0.3 is 0 Å². The molecular weight excluding hydrogens is 352 g/mol. The molecule has 0 aliphatic rings. The van der Waals surface area contributed by atoms with Crippen molar-refractivity contribution in [3.63, 3.8) is 0 Å². The topological polar surface area (TPSA) is 19.7 Å². The van der Waals surface area contributed by atoms with E-state index in [0.29, 0.717) is 0 Å². The third kappa shape index (κ3) is 13.2. The van der Waals surface area contributed by atoms with Crippen molar-refractivity contribution in [1.82, 2.24) is 4.98 Å². The maximum Gasteiger partial charge on any atom is 0.254 e. The number of unbranched alkanes of at least 4 members (excludes halogenated alkanes) is 16. The van der Waals surface area contributed by atoms with Gasteiger partial charge in [0, 0.05) is 12.8 Å². The predicted molar refractivity (Wildman–Crippen MR) is 129 cm³/mol. The van der Waals surface area contributed by atoms with E-state index in [1.54, 1.807) is 5.69 Å². The van der Waals surface area contributed by atoms with Crippen LogP contribution < -0.4 is 4.57 Å². The molecule has 0 saturated heterocycles. The summed E-state index contributed by atoms with van der Waals surface area (Å²) in [5, 5.41) is 0. The average Bonchev–Trinajstić information content (AvgIpc) is 3.13. The van der Waals surface area contributed by atoms with Gasteiger partial charge in [0.15, 0.2) is 0 Å². The Labute approximate surface area is 183 Å². The number of nitrogens with one attached hydrogen (secondary N) is 1. The summed E-state index contributed by atoms with van der Waals surface area (Å²) >= 11 is 0. The Morgan fingerprint density at radius 2 is 1.03 bits per heavy atom. The van der Waals surface area contributed by atoms with Gasteiger partial charge in [0.05, 0.1) is 6.54 Å². The second kappa shape index (κ2) is 19.2. The summed E-state index contributed by atoms with van der Waals surface area (Å²) in [4.78, 5) is 3.55. The van der Waals surface area contributed by atoms with Gasteiger partial charge in [0.2, 0.25) is 0 Å². The molecule has 2 nitrogen and oxygen atoms in total. The molecule has 0 atom stereocenters. The zero-order valence-corrected chi connectivity index (χ0v) is 20.4. The minimum absolute atomic E-state index is 1.12. The molecule has 1 aromatic rings. The fraction of sp³-hybridized carbons (Fsp3) is 0.889. The molecule has 1 rings (SSSR count). The Bertz CT molecular complexity index is 463. The number of aryl methyl sites for hydroxylation is 2. The Balaban J connectivity index is 2.13. The van der Waals surface area contributed by atoms with E-state index in [4.69, 9.17) is 0 Å². The lowest BCUT2D eigenvalue weighted by Crippen LogP contribution is -2.40. The second-order valence-electron chi connectivity index (χ2n) is 9.14. The Morgan fingerprint density at radius 3 is 1.52 bits per heavy atom. The third-order valence-corrected chi connectivity index (χ3v) is 6.43. The van der Waals surface area contributed by atoms with Crippen LogP contribution in [0.25, 0.3) is 0 Å². The van der Waals surface area contributed by atoms with Gasteiger partial charge in [-0.05, 0) is 19.3 Å². The van der Waals surface area contributed by atoms with Crippen LogP contribution in [0.4, 0.5) is 0 Å². The molecule has 1 aromatic heterocycles. The van der Waals surface area contributed by atoms with E-state index in [1.165, 1.54) is 134 Å². The minimum atomic E-state index is 1.12. The normalized spacial score (nSPS) is 11.4. The van der Waals surface area contributed by atoms with Crippen molar-refractivity contribution in [2.45, 2.75) is 156 Å². The molecule has 1 N–H and O–H groups in total. The molecule has 170 valence electrons. The Kier molecular flexibility index (Phi) is 17.4.